The van der Waals surface area contributed by atoms with Crippen molar-refractivity contribution in [3.8, 4) is 5.75 Å². The molecular weight excluding hydrogens is 591 g/mol. The van der Waals surface area contributed by atoms with Crippen molar-refractivity contribution in [1.29, 1.82) is 0 Å². The van der Waals surface area contributed by atoms with Crippen LogP contribution < -0.4 is 15.2 Å². The SMILES string of the molecule is CCCCCCCCCCCCCC(=O)n1c(=O)ccc2ccc(OCCCCN3CCN(c4cccc5sccc45)CC3)cc21. The summed E-state index contributed by atoms with van der Waals surface area (Å²) in [4.78, 5) is 31.0. The number of hydrogen-bond donors (Lipinski definition) is 0. The van der Waals surface area contributed by atoms with Crippen LogP contribution in [-0.2, 0) is 0 Å². The van der Waals surface area contributed by atoms with Gasteiger partial charge in [0.05, 0.1) is 12.1 Å². The van der Waals surface area contributed by atoms with E-state index in [4.69, 9.17) is 4.74 Å². The highest BCUT2D eigenvalue weighted by Gasteiger charge is 2.18. The Hall–Kier alpha value is -3.16. The Labute approximate surface area is 279 Å². The minimum absolute atomic E-state index is 0.115. The van der Waals surface area contributed by atoms with E-state index in [0.717, 1.165) is 70.2 Å². The number of piperazine rings is 1. The molecular formula is C39H53N3O3S. The van der Waals surface area contributed by atoms with Gasteiger partial charge in [0.1, 0.15) is 5.75 Å². The molecule has 248 valence electrons. The summed E-state index contributed by atoms with van der Waals surface area (Å²) in [5, 5.41) is 4.44. The third kappa shape index (κ3) is 9.68. The number of fused-ring (bicyclic) bond motifs is 2. The molecule has 5 rings (SSSR count). The minimum Gasteiger partial charge on any atom is -0.494 e. The van der Waals surface area contributed by atoms with E-state index >= 15 is 0 Å². The van der Waals surface area contributed by atoms with E-state index in [1.165, 1.54) is 77.8 Å². The van der Waals surface area contributed by atoms with Crippen molar-refractivity contribution in [2.75, 3.05) is 44.2 Å². The van der Waals surface area contributed by atoms with Crippen LogP contribution in [0.15, 0.2) is 64.8 Å². The first-order valence-electron chi connectivity index (χ1n) is 17.9. The van der Waals surface area contributed by atoms with Gasteiger partial charge in [0.15, 0.2) is 0 Å². The van der Waals surface area contributed by atoms with Crippen molar-refractivity contribution in [1.82, 2.24) is 9.47 Å². The van der Waals surface area contributed by atoms with Gasteiger partial charge in [-0.3, -0.25) is 14.5 Å². The molecule has 1 saturated heterocycles. The fourth-order valence-corrected chi connectivity index (χ4v) is 7.51. The van der Waals surface area contributed by atoms with E-state index in [1.54, 1.807) is 6.07 Å². The molecule has 7 heteroatoms. The Bertz CT molecular complexity index is 1570. The van der Waals surface area contributed by atoms with Crippen LogP contribution >= 0.6 is 11.3 Å². The van der Waals surface area contributed by atoms with Crippen molar-refractivity contribution in [2.45, 2.75) is 96.8 Å². The standard InChI is InChI=1S/C39H53N3O3S/c1-2-3-4-5-6-7-8-9-10-11-12-18-38(43)42-36-31-33(21-19-32(36)20-22-39(42)44)45-29-14-13-24-40-25-27-41(28-26-40)35-16-15-17-37-34(35)23-30-46-37/h15-17,19-23,30-31H,2-14,18,24-29H2,1H3. The highest BCUT2D eigenvalue weighted by molar-refractivity contribution is 7.17. The summed E-state index contributed by atoms with van der Waals surface area (Å²) in [6.45, 7) is 8.23. The summed E-state index contributed by atoms with van der Waals surface area (Å²) >= 11 is 1.81. The number of pyridine rings is 1. The van der Waals surface area contributed by atoms with Crippen LogP contribution in [0.25, 0.3) is 21.0 Å². The van der Waals surface area contributed by atoms with Gasteiger partial charge < -0.3 is 9.64 Å². The van der Waals surface area contributed by atoms with Crippen LogP contribution in [0.5, 0.6) is 5.75 Å². The molecule has 2 aromatic heterocycles. The van der Waals surface area contributed by atoms with E-state index < -0.39 is 0 Å². The van der Waals surface area contributed by atoms with E-state index in [1.807, 2.05) is 29.5 Å². The molecule has 3 heterocycles. The number of rotatable bonds is 19. The smallest absolute Gasteiger partial charge is 0.257 e. The van der Waals surface area contributed by atoms with Crippen LogP contribution in [0.1, 0.15) is 102 Å². The lowest BCUT2D eigenvalue weighted by Crippen LogP contribution is -2.46. The van der Waals surface area contributed by atoms with Gasteiger partial charge in [0.2, 0.25) is 5.91 Å². The van der Waals surface area contributed by atoms with Crippen LogP contribution in [0.2, 0.25) is 0 Å². The van der Waals surface area contributed by atoms with Gasteiger partial charge in [0, 0.05) is 60.5 Å². The molecule has 0 N–H and O–H groups in total. The lowest BCUT2D eigenvalue weighted by Gasteiger charge is -2.36. The van der Waals surface area contributed by atoms with E-state index in [9.17, 15) is 9.59 Å². The predicted molar refractivity (Wildman–Crippen MR) is 195 cm³/mol. The number of thiophene rings is 1. The first-order valence-corrected chi connectivity index (χ1v) is 18.8. The number of benzene rings is 2. The van der Waals surface area contributed by atoms with Crippen molar-refractivity contribution < 1.29 is 9.53 Å². The van der Waals surface area contributed by atoms with Crippen molar-refractivity contribution in [2.24, 2.45) is 0 Å². The minimum atomic E-state index is -0.259. The third-order valence-electron chi connectivity index (χ3n) is 9.44. The number of anilines is 1. The van der Waals surface area contributed by atoms with Crippen LogP contribution in [0.3, 0.4) is 0 Å². The molecule has 1 aliphatic heterocycles. The number of unbranched alkanes of at least 4 members (excludes halogenated alkanes) is 11. The Morgan fingerprint density at radius 2 is 1.50 bits per heavy atom. The van der Waals surface area contributed by atoms with E-state index in [0.29, 0.717) is 24.3 Å². The summed E-state index contributed by atoms with van der Waals surface area (Å²) < 4.78 is 8.83. The zero-order valence-corrected chi connectivity index (χ0v) is 28.7. The fourth-order valence-electron chi connectivity index (χ4n) is 6.71. The van der Waals surface area contributed by atoms with Gasteiger partial charge >= 0.3 is 0 Å². The third-order valence-corrected chi connectivity index (χ3v) is 10.3. The number of carbonyl (C=O) groups is 1. The predicted octanol–water partition coefficient (Wildman–Crippen LogP) is 9.54. The molecule has 6 nitrogen and oxygen atoms in total. The Balaban J connectivity index is 1.01. The lowest BCUT2D eigenvalue weighted by molar-refractivity contribution is 0.0900. The summed E-state index contributed by atoms with van der Waals surface area (Å²) in [7, 11) is 0. The molecule has 0 spiro atoms. The maximum atomic E-state index is 13.2. The van der Waals surface area contributed by atoms with E-state index in [2.05, 4.69) is 46.4 Å². The summed E-state index contributed by atoms with van der Waals surface area (Å²) in [6.07, 6.45) is 16.1. The molecule has 0 bridgehead atoms. The average Bonchev–Trinajstić information content (AvgIpc) is 3.57. The maximum absolute atomic E-state index is 13.2. The van der Waals surface area contributed by atoms with Gasteiger partial charge in [-0.15, -0.1) is 11.3 Å². The first kappa shape index (κ1) is 34.2. The normalized spacial score (nSPS) is 14.0. The second-order valence-corrected chi connectivity index (χ2v) is 13.8. The Morgan fingerprint density at radius 3 is 2.26 bits per heavy atom. The molecule has 0 radical (unpaired) electrons. The summed E-state index contributed by atoms with van der Waals surface area (Å²) in [5.41, 5.74) is 1.75. The van der Waals surface area contributed by atoms with Crippen LogP contribution in [0.4, 0.5) is 5.69 Å². The highest BCUT2D eigenvalue weighted by atomic mass is 32.1. The molecule has 4 aromatic rings. The van der Waals surface area contributed by atoms with Gasteiger partial charge in [0.25, 0.3) is 5.56 Å². The molecule has 0 atom stereocenters. The molecule has 0 unspecified atom stereocenters. The second kappa shape index (κ2) is 18.2. The molecule has 46 heavy (non-hydrogen) atoms. The first-order chi connectivity index (χ1) is 22.6. The number of hydrogen-bond acceptors (Lipinski definition) is 6. The van der Waals surface area contributed by atoms with Crippen molar-refractivity contribution in [3.05, 3.63) is 70.3 Å². The van der Waals surface area contributed by atoms with Crippen molar-refractivity contribution >= 4 is 43.9 Å². The highest BCUT2D eigenvalue weighted by Crippen LogP contribution is 2.31. The quantitative estimate of drug-likeness (QED) is 0.0953. The Morgan fingerprint density at radius 1 is 0.783 bits per heavy atom. The average molecular weight is 644 g/mol. The van der Waals surface area contributed by atoms with Crippen LogP contribution in [-0.4, -0.2) is 54.7 Å². The zero-order chi connectivity index (χ0) is 32.0. The van der Waals surface area contributed by atoms with Crippen LogP contribution in [0, 0.1) is 0 Å². The number of carbonyl (C=O) groups excluding carboxylic acids is 1. The summed E-state index contributed by atoms with van der Waals surface area (Å²) in [6, 6.07) is 17.9. The molecule has 1 fully saturated rings. The topological polar surface area (TPSA) is 54.8 Å². The molecule has 1 aliphatic rings. The maximum Gasteiger partial charge on any atom is 0.257 e. The van der Waals surface area contributed by atoms with Gasteiger partial charge in [-0.2, -0.15) is 0 Å². The van der Waals surface area contributed by atoms with Crippen molar-refractivity contribution in [3.63, 3.8) is 0 Å². The largest absolute Gasteiger partial charge is 0.494 e. The number of ether oxygens (including phenoxy) is 1. The molecule has 0 amide bonds. The lowest BCUT2D eigenvalue weighted by atomic mass is 10.1. The van der Waals surface area contributed by atoms with Gasteiger partial charge in [-0.1, -0.05) is 77.2 Å². The molecule has 0 saturated carbocycles. The zero-order valence-electron chi connectivity index (χ0n) is 27.9. The Kier molecular flexibility index (Phi) is 13.6. The van der Waals surface area contributed by atoms with E-state index in [-0.39, 0.29) is 11.5 Å². The monoisotopic (exact) mass is 643 g/mol. The molecule has 0 aliphatic carbocycles. The van der Waals surface area contributed by atoms with Gasteiger partial charge in [-0.05, 0) is 73.0 Å². The molecule has 2 aromatic carbocycles. The summed E-state index contributed by atoms with van der Waals surface area (Å²) in [5.74, 6) is 0.598. The fraction of sp³-hybridized carbons (Fsp3) is 0.538. The van der Waals surface area contributed by atoms with Gasteiger partial charge in [-0.25, -0.2) is 4.57 Å². The number of nitrogens with zero attached hydrogens (tertiary/aromatic N) is 3. The number of aromatic nitrogens is 1. The second-order valence-electron chi connectivity index (χ2n) is 12.9.